The maximum Gasteiger partial charge on any atom is 0.269 e. The van der Waals surface area contributed by atoms with Crippen molar-refractivity contribution < 1.29 is 9.66 Å². The van der Waals surface area contributed by atoms with E-state index in [0.717, 1.165) is 28.7 Å². The van der Waals surface area contributed by atoms with Gasteiger partial charge in [-0.1, -0.05) is 39.5 Å². The summed E-state index contributed by atoms with van der Waals surface area (Å²) in [7, 11) is 0. The van der Waals surface area contributed by atoms with Crippen molar-refractivity contribution in [2.45, 2.75) is 79.1 Å². The fourth-order valence-corrected chi connectivity index (χ4v) is 4.84. The summed E-state index contributed by atoms with van der Waals surface area (Å²) in [4.78, 5) is 18.2. The van der Waals surface area contributed by atoms with E-state index in [9.17, 15) is 10.1 Å². The highest BCUT2D eigenvalue weighted by Gasteiger charge is 2.36. The number of nitro benzene ring substituents is 1. The van der Waals surface area contributed by atoms with Gasteiger partial charge in [0.1, 0.15) is 0 Å². The second-order valence-corrected chi connectivity index (χ2v) is 10.4. The number of nitrogens with zero attached hydrogens (tertiary/aromatic N) is 3. The van der Waals surface area contributed by atoms with Gasteiger partial charge in [0.25, 0.3) is 5.69 Å². The lowest BCUT2D eigenvalue weighted by atomic mass is 10.0. The summed E-state index contributed by atoms with van der Waals surface area (Å²) >= 11 is 1.74. The van der Waals surface area contributed by atoms with Crippen LogP contribution < -0.4 is 0 Å². The van der Waals surface area contributed by atoms with Gasteiger partial charge in [0.05, 0.1) is 28.4 Å². The summed E-state index contributed by atoms with van der Waals surface area (Å²) in [5.41, 5.74) is 1.63. The van der Waals surface area contributed by atoms with E-state index >= 15 is 0 Å². The standard InChI is InChI=1S/C22H35N3O3S/c1-14(2)12-24-20(16(5)28-22(6,7)8)13-29-21(24)23-19-10-9-17(25(26)27)11-18(19)15(3)4/h9-11,14-16,20H,12-13H2,1-8H3/t16-,20+/m1/s1. The molecule has 2 rings (SSSR count). The molecule has 1 aliphatic rings. The Morgan fingerprint density at radius 3 is 2.45 bits per heavy atom. The normalized spacial score (nSPS) is 20.1. The van der Waals surface area contributed by atoms with Crippen LogP contribution in [-0.2, 0) is 4.74 Å². The highest BCUT2D eigenvalue weighted by Crippen LogP contribution is 2.35. The van der Waals surface area contributed by atoms with Gasteiger partial charge in [0.15, 0.2) is 5.17 Å². The van der Waals surface area contributed by atoms with E-state index in [-0.39, 0.29) is 34.3 Å². The summed E-state index contributed by atoms with van der Waals surface area (Å²) in [5.74, 6) is 1.56. The maximum absolute atomic E-state index is 11.2. The number of amidine groups is 1. The molecule has 0 saturated carbocycles. The van der Waals surface area contributed by atoms with Crippen molar-refractivity contribution >= 4 is 28.3 Å². The van der Waals surface area contributed by atoms with E-state index in [1.165, 1.54) is 0 Å². The number of hydrogen-bond donors (Lipinski definition) is 0. The zero-order valence-corrected chi connectivity index (χ0v) is 19.7. The van der Waals surface area contributed by atoms with Crippen LogP contribution in [0.25, 0.3) is 0 Å². The summed E-state index contributed by atoms with van der Waals surface area (Å²) < 4.78 is 6.25. The summed E-state index contributed by atoms with van der Waals surface area (Å²) in [6.07, 6.45) is 0.0791. The van der Waals surface area contributed by atoms with Gasteiger partial charge in [-0.25, -0.2) is 4.99 Å². The highest BCUT2D eigenvalue weighted by atomic mass is 32.2. The van der Waals surface area contributed by atoms with E-state index < -0.39 is 0 Å². The zero-order chi connectivity index (χ0) is 21.9. The first-order chi connectivity index (χ1) is 13.4. The molecule has 1 fully saturated rings. The Morgan fingerprint density at radius 1 is 1.28 bits per heavy atom. The van der Waals surface area contributed by atoms with Gasteiger partial charge in [-0.2, -0.15) is 0 Å². The Morgan fingerprint density at radius 2 is 1.93 bits per heavy atom. The molecular formula is C22H35N3O3S. The van der Waals surface area contributed by atoms with Crippen LogP contribution in [0.15, 0.2) is 23.2 Å². The van der Waals surface area contributed by atoms with E-state index in [4.69, 9.17) is 9.73 Å². The first-order valence-corrected chi connectivity index (χ1v) is 11.3. The molecule has 0 N–H and O–H groups in total. The van der Waals surface area contributed by atoms with Crippen LogP contribution in [-0.4, -0.2) is 45.0 Å². The van der Waals surface area contributed by atoms with Crippen LogP contribution in [0, 0.1) is 16.0 Å². The van der Waals surface area contributed by atoms with Gasteiger partial charge in [-0.05, 0) is 51.2 Å². The van der Waals surface area contributed by atoms with Crippen LogP contribution in [0.5, 0.6) is 0 Å². The quantitative estimate of drug-likeness (QED) is 0.400. The van der Waals surface area contributed by atoms with Crippen molar-refractivity contribution in [3.05, 3.63) is 33.9 Å². The molecule has 0 aliphatic carbocycles. The molecule has 0 bridgehead atoms. The Kier molecular flexibility index (Phi) is 7.74. The van der Waals surface area contributed by atoms with Crippen LogP contribution >= 0.6 is 11.8 Å². The second-order valence-electron chi connectivity index (χ2n) is 9.41. The minimum absolute atomic E-state index is 0.0791. The van der Waals surface area contributed by atoms with Crippen LogP contribution in [0.3, 0.4) is 0 Å². The highest BCUT2D eigenvalue weighted by molar-refractivity contribution is 8.14. The molecule has 1 aromatic carbocycles. The van der Waals surface area contributed by atoms with Gasteiger partial charge in [-0.3, -0.25) is 10.1 Å². The largest absolute Gasteiger partial charge is 0.371 e. The van der Waals surface area contributed by atoms with E-state index in [2.05, 4.69) is 46.4 Å². The van der Waals surface area contributed by atoms with Crippen molar-refractivity contribution in [2.75, 3.05) is 12.3 Å². The predicted octanol–water partition coefficient (Wildman–Crippen LogP) is 5.98. The Labute approximate surface area is 179 Å². The first-order valence-electron chi connectivity index (χ1n) is 10.3. The minimum atomic E-state index is -0.347. The molecule has 1 saturated heterocycles. The van der Waals surface area contributed by atoms with Gasteiger partial charge >= 0.3 is 0 Å². The van der Waals surface area contributed by atoms with Crippen molar-refractivity contribution in [1.29, 1.82) is 0 Å². The molecule has 1 heterocycles. The molecule has 162 valence electrons. The number of rotatable bonds is 7. The summed E-state index contributed by atoms with van der Waals surface area (Å²) in [5, 5.41) is 12.2. The molecule has 0 unspecified atom stereocenters. The SMILES string of the molecule is CC(C)CN1C(=Nc2ccc([N+](=O)[O-])cc2C(C)C)SC[C@H]1[C@@H](C)OC(C)(C)C. The monoisotopic (exact) mass is 421 g/mol. The van der Waals surface area contributed by atoms with Gasteiger partial charge < -0.3 is 9.64 Å². The number of ether oxygens (including phenoxy) is 1. The molecule has 0 radical (unpaired) electrons. The second kappa shape index (κ2) is 9.47. The lowest BCUT2D eigenvalue weighted by Crippen LogP contribution is -2.46. The number of benzene rings is 1. The zero-order valence-electron chi connectivity index (χ0n) is 18.9. The fraction of sp³-hybridized carbons (Fsp3) is 0.682. The third kappa shape index (κ3) is 6.44. The number of non-ortho nitro benzene ring substituents is 1. The van der Waals surface area contributed by atoms with Gasteiger partial charge in [0.2, 0.25) is 0 Å². The maximum atomic E-state index is 11.2. The molecular weight excluding hydrogens is 386 g/mol. The Bertz CT molecular complexity index is 756. The van der Waals surface area contributed by atoms with E-state index in [0.29, 0.717) is 5.92 Å². The number of nitro groups is 1. The first kappa shape index (κ1) is 23.7. The van der Waals surface area contributed by atoms with Crippen LogP contribution in [0.2, 0.25) is 0 Å². The van der Waals surface area contributed by atoms with E-state index in [1.54, 1.807) is 30.0 Å². The van der Waals surface area contributed by atoms with Crippen molar-refractivity contribution in [3.8, 4) is 0 Å². The smallest absolute Gasteiger partial charge is 0.269 e. The predicted molar refractivity (Wildman–Crippen MR) is 122 cm³/mol. The lowest BCUT2D eigenvalue weighted by molar-refractivity contribution is -0.384. The fourth-order valence-electron chi connectivity index (χ4n) is 3.53. The Hall–Kier alpha value is -1.60. The van der Waals surface area contributed by atoms with Gasteiger partial charge in [-0.15, -0.1) is 0 Å². The molecule has 2 atom stereocenters. The summed E-state index contributed by atoms with van der Waals surface area (Å²) in [6, 6.07) is 5.22. The molecule has 1 aliphatic heterocycles. The summed E-state index contributed by atoms with van der Waals surface area (Å²) in [6.45, 7) is 17.8. The topological polar surface area (TPSA) is 68.0 Å². The van der Waals surface area contributed by atoms with Gasteiger partial charge in [0, 0.05) is 24.4 Å². The molecule has 0 aromatic heterocycles. The van der Waals surface area contributed by atoms with Crippen molar-refractivity contribution in [3.63, 3.8) is 0 Å². The van der Waals surface area contributed by atoms with Crippen LogP contribution in [0.4, 0.5) is 11.4 Å². The average molecular weight is 422 g/mol. The molecule has 7 heteroatoms. The van der Waals surface area contributed by atoms with Crippen molar-refractivity contribution in [2.24, 2.45) is 10.9 Å². The van der Waals surface area contributed by atoms with E-state index in [1.807, 2.05) is 13.8 Å². The Balaban J connectivity index is 2.39. The third-order valence-electron chi connectivity index (χ3n) is 4.73. The lowest BCUT2D eigenvalue weighted by Gasteiger charge is -2.35. The molecule has 0 amide bonds. The third-order valence-corrected chi connectivity index (χ3v) is 5.82. The minimum Gasteiger partial charge on any atom is -0.371 e. The van der Waals surface area contributed by atoms with Crippen molar-refractivity contribution in [1.82, 2.24) is 4.90 Å². The molecule has 1 aromatic rings. The molecule has 0 spiro atoms. The van der Waals surface area contributed by atoms with Crippen LogP contribution in [0.1, 0.15) is 66.9 Å². The number of aliphatic imine (C=N–C) groups is 1. The molecule has 29 heavy (non-hydrogen) atoms. The number of hydrogen-bond acceptors (Lipinski definition) is 5. The molecule has 6 nitrogen and oxygen atoms in total. The number of thioether (sulfide) groups is 1. The average Bonchev–Trinajstić information content (AvgIpc) is 2.95.